The molecule has 0 saturated carbocycles. The third-order valence-corrected chi connectivity index (χ3v) is 2.77. The molecular weight excluding hydrogens is 184 g/mol. The second-order valence-corrected chi connectivity index (χ2v) is 3.78. The van der Waals surface area contributed by atoms with Crippen molar-refractivity contribution < 1.29 is 14.3 Å². The number of likely N-dealkylation sites (tertiary alicyclic amines) is 1. The minimum absolute atomic E-state index is 0.0195. The van der Waals surface area contributed by atoms with Crippen LogP contribution >= 0.6 is 0 Å². The van der Waals surface area contributed by atoms with Crippen molar-refractivity contribution in [2.24, 2.45) is 0 Å². The first-order valence-corrected chi connectivity index (χ1v) is 4.83. The number of nitrogens with one attached hydrogen (secondary N) is 1. The highest BCUT2D eigenvalue weighted by molar-refractivity contribution is 5.78. The summed E-state index contributed by atoms with van der Waals surface area (Å²) in [6.07, 6.45) is 0.896. The van der Waals surface area contributed by atoms with Crippen LogP contribution in [0.1, 0.15) is 13.3 Å². The standard InChI is InChI=1S/C9H14N2O3/c1-6(12)11-3-2-8-7(4-11)10-9(13)5-14-8/h7-8H,2-5H2,1H3,(H,10,13)/t7-,8?/m1/s1. The van der Waals surface area contributed by atoms with Crippen LogP contribution in [0.5, 0.6) is 0 Å². The minimum atomic E-state index is -0.0864. The maximum Gasteiger partial charge on any atom is 0.246 e. The van der Waals surface area contributed by atoms with Gasteiger partial charge in [0.25, 0.3) is 0 Å². The topological polar surface area (TPSA) is 58.6 Å². The van der Waals surface area contributed by atoms with Gasteiger partial charge in [0, 0.05) is 20.0 Å². The molecule has 2 atom stereocenters. The molecule has 2 aliphatic rings. The Hall–Kier alpha value is -1.10. The maximum absolute atomic E-state index is 11.1. The minimum Gasteiger partial charge on any atom is -0.366 e. The molecule has 2 amide bonds. The van der Waals surface area contributed by atoms with Gasteiger partial charge in [-0.2, -0.15) is 0 Å². The highest BCUT2D eigenvalue weighted by atomic mass is 16.5. The number of hydrogen-bond acceptors (Lipinski definition) is 3. The largest absolute Gasteiger partial charge is 0.366 e. The normalized spacial score (nSPS) is 32.1. The molecule has 5 heteroatoms. The van der Waals surface area contributed by atoms with Crippen LogP contribution in [0.2, 0.25) is 0 Å². The summed E-state index contributed by atoms with van der Waals surface area (Å²) in [5, 5.41) is 2.85. The number of carbonyl (C=O) groups is 2. The zero-order chi connectivity index (χ0) is 10.1. The summed E-state index contributed by atoms with van der Waals surface area (Å²) in [6.45, 7) is 3.01. The third-order valence-electron chi connectivity index (χ3n) is 2.77. The molecule has 2 aliphatic heterocycles. The lowest BCUT2D eigenvalue weighted by atomic mass is 10.0. The fourth-order valence-electron chi connectivity index (χ4n) is 1.99. The van der Waals surface area contributed by atoms with E-state index in [0.29, 0.717) is 6.54 Å². The predicted molar refractivity (Wildman–Crippen MR) is 48.5 cm³/mol. The summed E-state index contributed by atoms with van der Waals surface area (Å²) in [5.74, 6) is -0.0278. The number of nitrogens with zero attached hydrogens (tertiary/aromatic N) is 1. The molecule has 0 aromatic rings. The van der Waals surface area contributed by atoms with E-state index in [4.69, 9.17) is 4.74 Å². The average Bonchev–Trinajstić information content (AvgIpc) is 2.16. The third kappa shape index (κ3) is 1.72. The van der Waals surface area contributed by atoms with Crippen LogP contribution < -0.4 is 5.32 Å². The molecule has 0 aromatic heterocycles. The van der Waals surface area contributed by atoms with Crippen LogP contribution in [0.25, 0.3) is 0 Å². The number of amides is 2. The Bertz CT molecular complexity index is 265. The Morgan fingerprint density at radius 1 is 1.64 bits per heavy atom. The number of piperidine rings is 1. The SMILES string of the molecule is CC(=O)N1CCC2OCC(=O)N[C@@H]2C1. The van der Waals surface area contributed by atoms with Crippen molar-refractivity contribution >= 4 is 11.8 Å². The van der Waals surface area contributed by atoms with Crippen LogP contribution in [-0.2, 0) is 14.3 Å². The first-order chi connectivity index (χ1) is 6.66. The first kappa shape index (κ1) is 9.45. The average molecular weight is 198 g/mol. The number of hydrogen-bond donors (Lipinski definition) is 1. The second-order valence-electron chi connectivity index (χ2n) is 3.78. The molecule has 0 aliphatic carbocycles. The van der Waals surface area contributed by atoms with Gasteiger partial charge in [-0.05, 0) is 6.42 Å². The van der Waals surface area contributed by atoms with Crippen molar-refractivity contribution in [3.63, 3.8) is 0 Å². The van der Waals surface area contributed by atoms with E-state index >= 15 is 0 Å². The van der Waals surface area contributed by atoms with Gasteiger partial charge in [0.2, 0.25) is 11.8 Å². The van der Waals surface area contributed by atoms with Crippen LogP contribution in [-0.4, -0.2) is 48.6 Å². The van der Waals surface area contributed by atoms with Crippen molar-refractivity contribution in [2.75, 3.05) is 19.7 Å². The van der Waals surface area contributed by atoms with E-state index in [2.05, 4.69) is 5.32 Å². The molecule has 1 N–H and O–H groups in total. The lowest BCUT2D eigenvalue weighted by Crippen LogP contribution is -2.60. The Morgan fingerprint density at radius 2 is 2.43 bits per heavy atom. The molecule has 2 rings (SSSR count). The number of morpholine rings is 1. The van der Waals surface area contributed by atoms with Crippen molar-refractivity contribution in [1.82, 2.24) is 10.2 Å². The molecule has 0 bridgehead atoms. The molecule has 0 spiro atoms. The van der Waals surface area contributed by atoms with E-state index < -0.39 is 0 Å². The van der Waals surface area contributed by atoms with E-state index in [9.17, 15) is 9.59 Å². The number of ether oxygens (including phenoxy) is 1. The smallest absolute Gasteiger partial charge is 0.246 e. The van der Waals surface area contributed by atoms with Crippen LogP contribution in [0, 0.1) is 0 Å². The van der Waals surface area contributed by atoms with Gasteiger partial charge in [0.05, 0.1) is 12.1 Å². The highest BCUT2D eigenvalue weighted by Gasteiger charge is 2.35. The fourth-order valence-corrected chi connectivity index (χ4v) is 1.99. The Kier molecular flexibility index (Phi) is 2.41. The van der Waals surface area contributed by atoms with Crippen molar-refractivity contribution in [3.8, 4) is 0 Å². The lowest BCUT2D eigenvalue weighted by molar-refractivity contribution is -0.145. The number of carbonyl (C=O) groups excluding carboxylic acids is 2. The zero-order valence-electron chi connectivity index (χ0n) is 8.16. The van der Waals surface area contributed by atoms with Crippen LogP contribution in [0.4, 0.5) is 0 Å². The van der Waals surface area contributed by atoms with Gasteiger partial charge in [-0.25, -0.2) is 0 Å². The van der Waals surface area contributed by atoms with Gasteiger partial charge >= 0.3 is 0 Å². The summed E-state index contributed by atoms with van der Waals surface area (Å²) < 4.78 is 5.37. The van der Waals surface area contributed by atoms with E-state index in [0.717, 1.165) is 13.0 Å². The molecule has 2 fully saturated rings. The molecule has 1 unspecified atom stereocenters. The van der Waals surface area contributed by atoms with E-state index in [1.807, 2.05) is 0 Å². The monoisotopic (exact) mass is 198 g/mol. The molecule has 0 aromatic carbocycles. The van der Waals surface area contributed by atoms with Crippen LogP contribution in [0.15, 0.2) is 0 Å². The summed E-state index contributed by atoms with van der Waals surface area (Å²) in [4.78, 5) is 23.9. The lowest BCUT2D eigenvalue weighted by Gasteiger charge is -2.40. The van der Waals surface area contributed by atoms with Gasteiger partial charge in [0.1, 0.15) is 6.61 Å². The quantitative estimate of drug-likeness (QED) is 0.550. The molecule has 0 radical (unpaired) electrons. The Labute approximate surface area is 82.4 Å². The van der Waals surface area contributed by atoms with Gasteiger partial charge in [-0.1, -0.05) is 0 Å². The Morgan fingerprint density at radius 3 is 3.14 bits per heavy atom. The van der Waals surface area contributed by atoms with Gasteiger partial charge < -0.3 is 15.0 Å². The van der Waals surface area contributed by atoms with E-state index in [-0.39, 0.29) is 30.6 Å². The molecule has 5 nitrogen and oxygen atoms in total. The summed E-state index contributed by atoms with van der Waals surface area (Å²) in [5.41, 5.74) is 0. The van der Waals surface area contributed by atoms with Gasteiger partial charge in [0.15, 0.2) is 0 Å². The van der Waals surface area contributed by atoms with Gasteiger partial charge in [-0.15, -0.1) is 0 Å². The fraction of sp³-hybridized carbons (Fsp3) is 0.778. The molecule has 78 valence electrons. The number of fused-ring (bicyclic) bond motifs is 1. The maximum atomic E-state index is 11.1. The van der Waals surface area contributed by atoms with Crippen molar-refractivity contribution in [3.05, 3.63) is 0 Å². The van der Waals surface area contributed by atoms with Crippen LogP contribution in [0.3, 0.4) is 0 Å². The van der Waals surface area contributed by atoms with Gasteiger partial charge in [-0.3, -0.25) is 9.59 Å². The molecule has 14 heavy (non-hydrogen) atoms. The first-order valence-electron chi connectivity index (χ1n) is 4.83. The second kappa shape index (κ2) is 3.57. The highest BCUT2D eigenvalue weighted by Crippen LogP contribution is 2.17. The van der Waals surface area contributed by atoms with E-state index in [1.54, 1.807) is 11.8 Å². The number of rotatable bonds is 0. The molecular formula is C9H14N2O3. The Balaban J connectivity index is 1.99. The predicted octanol–water partition coefficient (Wildman–Crippen LogP) is -0.878. The zero-order valence-corrected chi connectivity index (χ0v) is 8.16. The molecule has 2 saturated heterocycles. The summed E-state index contributed by atoms with van der Waals surface area (Å²) in [7, 11) is 0. The van der Waals surface area contributed by atoms with Crippen molar-refractivity contribution in [1.29, 1.82) is 0 Å². The summed E-state index contributed by atoms with van der Waals surface area (Å²) in [6, 6.07) is -0.0195. The summed E-state index contributed by atoms with van der Waals surface area (Å²) >= 11 is 0. The van der Waals surface area contributed by atoms with E-state index in [1.165, 1.54) is 0 Å². The molecule has 2 heterocycles. The van der Waals surface area contributed by atoms with Crippen molar-refractivity contribution in [2.45, 2.75) is 25.5 Å².